The van der Waals surface area contributed by atoms with Crippen LogP contribution in [0.2, 0.25) is 0 Å². The molecule has 0 aliphatic rings. The zero-order valence-electron chi connectivity index (χ0n) is 22.3. The number of ether oxygens (including phenoxy) is 5. The predicted octanol–water partition coefficient (Wildman–Crippen LogP) is 6.60. The molecule has 3 aromatic carbocycles. The van der Waals surface area contributed by atoms with Gasteiger partial charge in [-0.1, -0.05) is 24.3 Å². The maximum atomic E-state index is 12.8. The van der Waals surface area contributed by atoms with Crippen LogP contribution in [-0.4, -0.2) is 47.9 Å². The molecule has 0 heterocycles. The van der Waals surface area contributed by atoms with E-state index >= 15 is 0 Å². The van der Waals surface area contributed by atoms with E-state index in [1.54, 1.807) is 24.3 Å². The maximum Gasteiger partial charge on any atom is 0.416 e. The Bertz CT molecular complexity index is 1290. The molecular weight excluding hydrogens is 515 g/mol. The summed E-state index contributed by atoms with van der Waals surface area (Å²) in [5.41, 5.74) is 1.59. The van der Waals surface area contributed by atoms with Gasteiger partial charge in [-0.25, -0.2) is 0 Å². The Morgan fingerprint density at radius 3 is 1.85 bits per heavy atom. The highest BCUT2D eigenvalue weighted by Crippen LogP contribution is 2.39. The third-order valence-electron chi connectivity index (χ3n) is 5.90. The molecule has 0 aliphatic heterocycles. The normalized spacial score (nSPS) is 11.3. The fraction of sp³-hybridized carbons (Fsp3) is 0.276. The molecule has 1 N–H and O–H groups in total. The van der Waals surface area contributed by atoms with Gasteiger partial charge in [0.2, 0.25) is 5.75 Å². The first-order chi connectivity index (χ1) is 18.6. The van der Waals surface area contributed by atoms with Gasteiger partial charge in [0, 0.05) is 35.8 Å². The second-order valence-electron chi connectivity index (χ2n) is 8.26. The van der Waals surface area contributed by atoms with E-state index in [-0.39, 0.29) is 24.3 Å². The number of nitrogens with one attached hydrogen (secondary N) is 1. The van der Waals surface area contributed by atoms with Crippen molar-refractivity contribution in [1.82, 2.24) is 0 Å². The fourth-order valence-electron chi connectivity index (χ4n) is 3.87. The standard InChI is InChI=1S/C29H30F3NO6/c1-35-24-16-20(7-6-18-14-26(37-3)28(39-5)27(15-18)38-4)22(17-25(24)36-2)33-13-12-23(34)19-8-10-21(11-9-19)29(30,31)32/h6-11,14-17,33H,12-13H2,1-5H3/b7-6-. The van der Waals surface area contributed by atoms with Crippen LogP contribution in [0, 0.1) is 0 Å². The van der Waals surface area contributed by atoms with Crippen molar-refractivity contribution in [1.29, 1.82) is 0 Å². The van der Waals surface area contributed by atoms with E-state index in [1.165, 1.54) is 47.7 Å². The minimum Gasteiger partial charge on any atom is -0.493 e. The van der Waals surface area contributed by atoms with Crippen LogP contribution in [-0.2, 0) is 6.18 Å². The van der Waals surface area contributed by atoms with E-state index in [1.807, 2.05) is 12.2 Å². The van der Waals surface area contributed by atoms with Gasteiger partial charge in [-0.15, -0.1) is 0 Å². The van der Waals surface area contributed by atoms with Gasteiger partial charge in [-0.05, 0) is 35.9 Å². The highest BCUT2D eigenvalue weighted by atomic mass is 19.4. The number of ketones is 1. The van der Waals surface area contributed by atoms with Gasteiger partial charge in [0.25, 0.3) is 0 Å². The molecular formula is C29H30F3NO6. The fourth-order valence-corrected chi connectivity index (χ4v) is 3.87. The Morgan fingerprint density at radius 2 is 1.33 bits per heavy atom. The van der Waals surface area contributed by atoms with Crippen molar-refractivity contribution in [2.45, 2.75) is 12.6 Å². The average molecular weight is 546 g/mol. The van der Waals surface area contributed by atoms with E-state index in [0.717, 1.165) is 23.3 Å². The molecule has 0 aromatic heterocycles. The lowest BCUT2D eigenvalue weighted by atomic mass is 10.1. The summed E-state index contributed by atoms with van der Waals surface area (Å²) in [5.74, 6) is 2.19. The minimum absolute atomic E-state index is 0.0652. The molecule has 0 bridgehead atoms. The number of carbonyl (C=O) groups excluding carboxylic acids is 1. The van der Waals surface area contributed by atoms with Crippen LogP contribution in [0.3, 0.4) is 0 Å². The molecule has 3 rings (SSSR count). The second kappa shape index (κ2) is 12.9. The number of methoxy groups -OCH3 is 5. The number of hydrogen-bond donors (Lipinski definition) is 1. The first-order valence-electron chi connectivity index (χ1n) is 11.8. The molecule has 208 valence electrons. The van der Waals surface area contributed by atoms with Crippen molar-refractivity contribution in [2.24, 2.45) is 0 Å². The maximum absolute atomic E-state index is 12.8. The van der Waals surface area contributed by atoms with Gasteiger partial charge in [-0.3, -0.25) is 4.79 Å². The summed E-state index contributed by atoms with van der Waals surface area (Å²) in [7, 11) is 7.64. The van der Waals surface area contributed by atoms with Crippen LogP contribution in [0.15, 0.2) is 48.5 Å². The largest absolute Gasteiger partial charge is 0.493 e. The number of hydrogen-bond acceptors (Lipinski definition) is 7. The van der Waals surface area contributed by atoms with Crippen molar-refractivity contribution in [3.63, 3.8) is 0 Å². The van der Waals surface area contributed by atoms with Crippen LogP contribution in [0.4, 0.5) is 18.9 Å². The second-order valence-corrected chi connectivity index (χ2v) is 8.26. The average Bonchev–Trinajstić information content (AvgIpc) is 2.94. The molecule has 0 saturated heterocycles. The zero-order valence-corrected chi connectivity index (χ0v) is 22.3. The smallest absolute Gasteiger partial charge is 0.416 e. The van der Waals surface area contributed by atoms with Gasteiger partial charge in [0.15, 0.2) is 28.8 Å². The number of Topliss-reactive ketones (excluding diaryl/α,β-unsaturated/α-hetero) is 1. The number of carbonyl (C=O) groups is 1. The molecule has 10 heteroatoms. The summed E-state index contributed by atoms with van der Waals surface area (Å²) in [6.07, 6.45) is -0.689. The quantitative estimate of drug-likeness (QED) is 0.203. The number of alkyl halides is 3. The van der Waals surface area contributed by atoms with E-state index in [2.05, 4.69) is 5.32 Å². The van der Waals surface area contributed by atoms with Crippen molar-refractivity contribution in [3.05, 3.63) is 70.8 Å². The van der Waals surface area contributed by atoms with E-state index in [4.69, 9.17) is 23.7 Å². The summed E-state index contributed by atoms with van der Waals surface area (Å²) in [5, 5.41) is 3.22. The Balaban J connectivity index is 1.83. The highest BCUT2D eigenvalue weighted by molar-refractivity contribution is 5.96. The van der Waals surface area contributed by atoms with Gasteiger partial charge >= 0.3 is 6.18 Å². The van der Waals surface area contributed by atoms with Crippen LogP contribution >= 0.6 is 0 Å². The molecule has 0 unspecified atom stereocenters. The molecule has 0 saturated carbocycles. The van der Waals surface area contributed by atoms with E-state index < -0.39 is 11.7 Å². The van der Waals surface area contributed by atoms with Crippen LogP contribution in [0.25, 0.3) is 12.2 Å². The van der Waals surface area contributed by atoms with Crippen molar-refractivity contribution >= 4 is 23.6 Å². The third-order valence-corrected chi connectivity index (χ3v) is 5.90. The van der Waals surface area contributed by atoms with Crippen LogP contribution < -0.4 is 29.0 Å². The summed E-state index contributed by atoms with van der Waals surface area (Å²) in [6, 6.07) is 11.3. The predicted molar refractivity (Wildman–Crippen MR) is 143 cm³/mol. The minimum atomic E-state index is -4.46. The topological polar surface area (TPSA) is 75.3 Å². The lowest BCUT2D eigenvalue weighted by Gasteiger charge is -2.15. The van der Waals surface area contributed by atoms with Crippen molar-refractivity contribution < 1.29 is 41.7 Å². The molecule has 0 spiro atoms. The Hall–Kier alpha value is -4.34. The van der Waals surface area contributed by atoms with Gasteiger partial charge in [-0.2, -0.15) is 13.2 Å². The third kappa shape index (κ3) is 7.16. The molecule has 0 radical (unpaired) electrons. The van der Waals surface area contributed by atoms with Crippen molar-refractivity contribution in [3.8, 4) is 28.7 Å². The summed E-state index contributed by atoms with van der Waals surface area (Å²) in [4.78, 5) is 12.6. The van der Waals surface area contributed by atoms with Crippen molar-refractivity contribution in [2.75, 3.05) is 47.4 Å². The lowest BCUT2D eigenvalue weighted by molar-refractivity contribution is -0.137. The summed E-state index contributed by atoms with van der Waals surface area (Å²) in [6.45, 7) is 0.236. The molecule has 7 nitrogen and oxygen atoms in total. The van der Waals surface area contributed by atoms with E-state index in [0.29, 0.717) is 34.4 Å². The Morgan fingerprint density at radius 1 is 0.769 bits per heavy atom. The number of benzene rings is 3. The first-order valence-corrected chi connectivity index (χ1v) is 11.8. The molecule has 0 atom stereocenters. The first kappa shape index (κ1) is 29.2. The molecule has 0 fully saturated rings. The summed E-state index contributed by atoms with van der Waals surface area (Å²) >= 11 is 0. The summed E-state index contributed by atoms with van der Waals surface area (Å²) < 4.78 is 65.5. The highest BCUT2D eigenvalue weighted by Gasteiger charge is 2.30. The van der Waals surface area contributed by atoms with Gasteiger partial charge in [0.1, 0.15) is 0 Å². The van der Waals surface area contributed by atoms with Gasteiger partial charge < -0.3 is 29.0 Å². The van der Waals surface area contributed by atoms with Crippen LogP contribution in [0.1, 0.15) is 33.5 Å². The molecule has 3 aromatic rings. The number of rotatable bonds is 12. The zero-order chi connectivity index (χ0) is 28.6. The van der Waals surface area contributed by atoms with Crippen LogP contribution in [0.5, 0.6) is 28.7 Å². The number of halogens is 3. The van der Waals surface area contributed by atoms with Gasteiger partial charge in [0.05, 0.1) is 41.1 Å². The molecule has 39 heavy (non-hydrogen) atoms. The Kier molecular flexibility index (Phi) is 9.70. The Labute approximate surface area is 225 Å². The monoisotopic (exact) mass is 545 g/mol. The molecule has 0 aliphatic carbocycles. The van der Waals surface area contributed by atoms with E-state index in [9.17, 15) is 18.0 Å². The lowest BCUT2D eigenvalue weighted by Crippen LogP contribution is -2.11. The number of anilines is 1. The molecule has 0 amide bonds. The SMILES string of the molecule is COc1cc(/C=C\c2cc(OC)c(OC)c(OC)c2)c(NCCC(=O)c2ccc(C(F)(F)F)cc2)cc1OC.